The zero-order valence-corrected chi connectivity index (χ0v) is 16.8. The van der Waals surface area contributed by atoms with E-state index in [2.05, 4.69) is 32.6 Å². The number of nitrogens with one attached hydrogen (secondary N) is 1. The van der Waals surface area contributed by atoms with Crippen LogP contribution in [0.1, 0.15) is 41.1 Å². The molecule has 1 amide bonds. The molecule has 1 aliphatic rings. The van der Waals surface area contributed by atoms with E-state index in [0.29, 0.717) is 17.5 Å². The summed E-state index contributed by atoms with van der Waals surface area (Å²) in [5.41, 5.74) is 4.49. The summed E-state index contributed by atoms with van der Waals surface area (Å²) in [6.07, 6.45) is 3.93. The van der Waals surface area contributed by atoms with Crippen LogP contribution >= 0.6 is 23.1 Å². The van der Waals surface area contributed by atoms with E-state index >= 15 is 0 Å². The van der Waals surface area contributed by atoms with E-state index in [4.69, 9.17) is 4.42 Å². The molecule has 4 rings (SSSR count). The minimum absolute atomic E-state index is 0.0761. The Labute approximate surface area is 165 Å². The van der Waals surface area contributed by atoms with E-state index in [1.807, 2.05) is 25.3 Å². The molecule has 0 spiro atoms. The predicted octanol–water partition coefficient (Wildman–Crippen LogP) is 4.03. The molecule has 0 radical (unpaired) electrons. The Hall–Kier alpha value is -2.19. The number of hydrogen-bond acceptors (Lipinski definition) is 7. The van der Waals surface area contributed by atoms with Gasteiger partial charge in [0, 0.05) is 11.1 Å². The minimum atomic E-state index is -0.340. The molecule has 1 N–H and O–H groups in total. The first-order valence-electron chi connectivity index (χ1n) is 8.89. The van der Waals surface area contributed by atoms with E-state index < -0.39 is 0 Å². The smallest absolute Gasteiger partial charge is 0.277 e. The maximum Gasteiger partial charge on any atom is 0.277 e. The van der Waals surface area contributed by atoms with Crippen LogP contribution in [0.25, 0.3) is 0 Å². The SMILES string of the molecule is Cc1nc(Cc2nnc(S[C@H](C)C(=O)Nc3ccc4c(c3)CCC4)o2)cs1. The van der Waals surface area contributed by atoms with E-state index in [1.165, 1.54) is 29.3 Å². The summed E-state index contributed by atoms with van der Waals surface area (Å²) in [6, 6.07) is 6.17. The van der Waals surface area contributed by atoms with Crippen LogP contribution in [0.5, 0.6) is 0 Å². The minimum Gasteiger partial charge on any atom is -0.416 e. The van der Waals surface area contributed by atoms with Gasteiger partial charge in [-0.1, -0.05) is 17.8 Å². The molecule has 0 unspecified atom stereocenters. The van der Waals surface area contributed by atoms with Gasteiger partial charge in [-0.05, 0) is 56.4 Å². The van der Waals surface area contributed by atoms with E-state index in [-0.39, 0.29) is 11.2 Å². The van der Waals surface area contributed by atoms with Gasteiger partial charge in [-0.15, -0.1) is 21.5 Å². The Balaban J connectivity index is 1.34. The number of fused-ring (bicyclic) bond motifs is 1. The molecule has 1 aliphatic carbocycles. The highest BCUT2D eigenvalue weighted by Crippen LogP contribution is 2.27. The van der Waals surface area contributed by atoms with Crippen LogP contribution in [0, 0.1) is 6.92 Å². The summed E-state index contributed by atoms with van der Waals surface area (Å²) in [4.78, 5) is 16.9. The monoisotopic (exact) mass is 400 g/mol. The molecule has 6 nitrogen and oxygen atoms in total. The molecule has 1 aromatic carbocycles. The maximum absolute atomic E-state index is 12.5. The van der Waals surface area contributed by atoms with Crippen molar-refractivity contribution < 1.29 is 9.21 Å². The number of aromatic nitrogens is 3. The fourth-order valence-corrected chi connectivity index (χ4v) is 4.41. The summed E-state index contributed by atoms with van der Waals surface area (Å²) < 4.78 is 5.65. The van der Waals surface area contributed by atoms with Crippen LogP contribution in [0.15, 0.2) is 33.2 Å². The van der Waals surface area contributed by atoms with Gasteiger partial charge in [0.2, 0.25) is 11.8 Å². The molecule has 0 saturated heterocycles. The molecule has 0 fully saturated rings. The first-order chi connectivity index (χ1) is 13.1. The van der Waals surface area contributed by atoms with Crippen molar-refractivity contribution in [1.82, 2.24) is 15.2 Å². The second kappa shape index (κ2) is 7.82. The highest BCUT2D eigenvalue weighted by molar-refractivity contribution is 8.00. The van der Waals surface area contributed by atoms with Crippen molar-refractivity contribution in [3.05, 3.63) is 51.3 Å². The van der Waals surface area contributed by atoms with Crippen LogP contribution in [0.3, 0.4) is 0 Å². The highest BCUT2D eigenvalue weighted by Gasteiger charge is 2.20. The van der Waals surface area contributed by atoms with Crippen LogP contribution in [0.4, 0.5) is 5.69 Å². The molecular weight excluding hydrogens is 380 g/mol. The molecule has 0 saturated carbocycles. The molecule has 27 heavy (non-hydrogen) atoms. The lowest BCUT2D eigenvalue weighted by molar-refractivity contribution is -0.115. The van der Waals surface area contributed by atoms with Gasteiger partial charge >= 0.3 is 0 Å². The molecule has 2 heterocycles. The van der Waals surface area contributed by atoms with E-state index in [0.717, 1.165) is 29.2 Å². The first kappa shape index (κ1) is 18.2. The predicted molar refractivity (Wildman–Crippen MR) is 106 cm³/mol. The normalized spacial score (nSPS) is 14.1. The Morgan fingerprint density at radius 2 is 2.19 bits per heavy atom. The van der Waals surface area contributed by atoms with Crippen molar-refractivity contribution in [2.75, 3.05) is 5.32 Å². The number of aryl methyl sites for hydroxylation is 3. The summed E-state index contributed by atoms with van der Waals surface area (Å²) in [5.74, 6) is 0.432. The van der Waals surface area contributed by atoms with Crippen molar-refractivity contribution in [2.45, 2.75) is 50.0 Å². The third-order valence-electron chi connectivity index (χ3n) is 4.46. The quantitative estimate of drug-likeness (QED) is 0.629. The molecule has 0 bridgehead atoms. The third kappa shape index (κ3) is 4.39. The number of thiazole rings is 1. The standard InChI is InChI=1S/C19H20N4O2S2/c1-11(18(24)21-15-7-6-13-4-3-5-14(13)8-15)27-19-23-22-17(25-19)9-16-10-26-12(2)20-16/h6-8,10-11H,3-5,9H2,1-2H3,(H,21,24)/t11-/m1/s1. The molecular formula is C19H20N4O2S2. The van der Waals surface area contributed by atoms with Crippen LogP contribution in [0.2, 0.25) is 0 Å². The van der Waals surface area contributed by atoms with Crippen LogP contribution in [-0.4, -0.2) is 26.3 Å². The van der Waals surface area contributed by atoms with Crippen molar-refractivity contribution in [3.8, 4) is 0 Å². The lowest BCUT2D eigenvalue weighted by Crippen LogP contribution is -2.22. The molecule has 8 heteroatoms. The molecule has 140 valence electrons. The summed E-state index contributed by atoms with van der Waals surface area (Å²) in [7, 11) is 0. The summed E-state index contributed by atoms with van der Waals surface area (Å²) in [5, 5.41) is 14.1. The number of carbonyl (C=O) groups excluding carboxylic acids is 1. The van der Waals surface area contributed by atoms with Crippen molar-refractivity contribution in [2.24, 2.45) is 0 Å². The van der Waals surface area contributed by atoms with Gasteiger partial charge in [0.05, 0.1) is 22.4 Å². The van der Waals surface area contributed by atoms with Crippen LogP contribution < -0.4 is 5.32 Å². The summed E-state index contributed by atoms with van der Waals surface area (Å²) in [6.45, 7) is 3.80. The van der Waals surface area contributed by atoms with Crippen molar-refractivity contribution in [3.63, 3.8) is 0 Å². The summed E-state index contributed by atoms with van der Waals surface area (Å²) >= 11 is 2.86. The lowest BCUT2D eigenvalue weighted by Gasteiger charge is -2.11. The number of anilines is 1. The van der Waals surface area contributed by atoms with Gasteiger partial charge in [0.15, 0.2) is 0 Å². The van der Waals surface area contributed by atoms with Gasteiger partial charge in [-0.2, -0.15) is 0 Å². The number of thioether (sulfide) groups is 1. The van der Waals surface area contributed by atoms with Gasteiger partial charge in [-0.3, -0.25) is 4.79 Å². The second-order valence-electron chi connectivity index (χ2n) is 6.58. The van der Waals surface area contributed by atoms with Gasteiger partial charge in [0.1, 0.15) is 0 Å². The maximum atomic E-state index is 12.5. The topological polar surface area (TPSA) is 80.9 Å². The van der Waals surface area contributed by atoms with Gasteiger partial charge in [0.25, 0.3) is 5.22 Å². The number of amides is 1. The fourth-order valence-electron chi connectivity index (χ4n) is 3.10. The average molecular weight is 401 g/mol. The van der Waals surface area contributed by atoms with Crippen LogP contribution in [-0.2, 0) is 24.1 Å². The largest absolute Gasteiger partial charge is 0.416 e. The molecule has 0 aliphatic heterocycles. The van der Waals surface area contributed by atoms with Crippen molar-refractivity contribution in [1.29, 1.82) is 0 Å². The average Bonchev–Trinajstić information content (AvgIpc) is 3.36. The van der Waals surface area contributed by atoms with Gasteiger partial charge < -0.3 is 9.73 Å². The van der Waals surface area contributed by atoms with Gasteiger partial charge in [-0.25, -0.2) is 4.98 Å². The Kier molecular flexibility index (Phi) is 5.27. The number of carbonyl (C=O) groups is 1. The lowest BCUT2D eigenvalue weighted by atomic mass is 10.1. The fraction of sp³-hybridized carbons (Fsp3) is 0.368. The Morgan fingerprint density at radius 1 is 1.33 bits per heavy atom. The zero-order valence-electron chi connectivity index (χ0n) is 15.2. The number of nitrogens with zero attached hydrogens (tertiary/aromatic N) is 3. The highest BCUT2D eigenvalue weighted by atomic mass is 32.2. The van der Waals surface area contributed by atoms with Crippen molar-refractivity contribution >= 4 is 34.7 Å². The zero-order chi connectivity index (χ0) is 18.8. The number of hydrogen-bond donors (Lipinski definition) is 1. The third-order valence-corrected chi connectivity index (χ3v) is 6.22. The van der Waals surface area contributed by atoms with E-state index in [1.54, 1.807) is 11.3 Å². The Bertz CT molecular complexity index is 966. The molecule has 2 aromatic heterocycles. The second-order valence-corrected chi connectivity index (χ2v) is 8.94. The molecule has 1 atom stereocenters. The number of rotatable bonds is 6. The number of benzene rings is 1. The van der Waals surface area contributed by atoms with E-state index in [9.17, 15) is 4.79 Å². The molecule has 3 aromatic rings. The first-order valence-corrected chi connectivity index (χ1v) is 10.7. The Morgan fingerprint density at radius 3 is 3.00 bits per heavy atom.